The van der Waals surface area contributed by atoms with Crippen molar-refractivity contribution in [2.45, 2.75) is 38.4 Å². The maximum atomic E-state index is 13.6. The molecule has 1 aromatic heterocycles. The molecule has 0 aromatic carbocycles. The highest BCUT2D eigenvalue weighted by atomic mass is 19.1. The van der Waals surface area contributed by atoms with Crippen LogP contribution in [0.3, 0.4) is 0 Å². The van der Waals surface area contributed by atoms with E-state index in [1.165, 1.54) is 6.33 Å². The lowest BCUT2D eigenvalue weighted by Crippen LogP contribution is -2.13. The minimum Gasteiger partial charge on any atom is -0.245 e. The summed E-state index contributed by atoms with van der Waals surface area (Å²) in [5.74, 6) is 0.498. The summed E-state index contributed by atoms with van der Waals surface area (Å²) in [6, 6.07) is 0.190. The molecule has 0 saturated heterocycles. The average molecular weight is 169 g/mol. The zero-order chi connectivity index (χ0) is 8.77. The molecule has 3 nitrogen and oxygen atoms in total. The molecule has 1 fully saturated rings. The maximum Gasteiger partial charge on any atom is 0.170 e. The minimum atomic E-state index is -1.17. The number of hydrogen-bond acceptors (Lipinski definition) is 2. The van der Waals surface area contributed by atoms with Gasteiger partial charge in [0, 0.05) is 6.04 Å². The second-order valence-electron chi connectivity index (χ2n) is 3.59. The van der Waals surface area contributed by atoms with Crippen LogP contribution in [0.5, 0.6) is 0 Å². The third-order valence-corrected chi connectivity index (χ3v) is 2.15. The standard InChI is InChI=1S/C8H12FN3/c1-6(2)12-7(10-5-11-12)8(9)3-4-8/h5-6H,3-4H2,1-2H3. The van der Waals surface area contributed by atoms with Gasteiger partial charge in [0.25, 0.3) is 0 Å². The molecule has 2 rings (SSSR count). The Morgan fingerprint density at radius 1 is 1.58 bits per heavy atom. The zero-order valence-corrected chi connectivity index (χ0v) is 7.29. The van der Waals surface area contributed by atoms with Gasteiger partial charge in [-0.05, 0) is 26.7 Å². The maximum absolute atomic E-state index is 13.6. The SMILES string of the molecule is CC(C)n1ncnc1C1(F)CC1. The second kappa shape index (κ2) is 2.28. The Balaban J connectivity index is 2.37. The van der Waals surface area contributed by atoms with Crippen LogP contribution in [0.1, 0.15) is 38.6 Å². The van der Waals surface area contributed by atoms with Crippen molar-refractivity contribution >= 4 is 0 Å². The van der Waals surface area contributed by atoms with Gasteiger partial charge in [0.2, 0.25) is 0 Å². The van der Waals surface area contributed by atoms with Gasteiger partial charge in [0.1, 0.15) is 6.33 Å². The molecular weight excluding hydrogens is 157 g/mol. The normalized spacial score (nSPS) is 20.0. The van der Waals surface area contributed by atoms with Crippen LogP contribution >= 0.6 is 0 Å². The van der Waals surface area contributed by atoms with Crippen LogP contribution in [-0.2, 0) is 5.67 Å². The molecule has 1 aliphatic carbocycles. The molecular formula is C8H12FN3. The number of nitrogens with zero attached hydrogens (tertiary/aromatic N) is 3. The number of halogens is 1. The molecule has 0 spiro atoms. The van der Waals surface area contributed by atoms with E-state index in [9.17, 15) is 4.39 Å². The van der Waals surface area contributed by atoms with Crippen LogP contribution in [0.4, 0.5) is 4.39 Å². The number of hydrogen-bond donors (Lipinski definition) is 0. The fourth-order valence-corrected chi connectivity index (χ4v) is 1.28. The van der Waals surface area contributed by atoms with E-state index in [-0.39, 0.29) is 6.04 Å². The van der Waals surface area contributed by atoms with Crippen molar-refractivity contribution in [2.24, 2.45) is 0 Å². The minimum absolute atomic E-state index is 0.190. The fourth-order valence-electron chi connectivity index (χ4n) is 1.28. The Kier molecular flexibility index (Phi) is 1.46. The third kappa shape index (κ3) is 1.02. The van der Waals surface area contributed by atoms with Gasteiger partial charge in [0.15, 0.2) is 11.5 Å². The lowest BCUT2D eigenvalue weighted by atomic mass is 10.3. The first-order valence-electron chi connectivity index (χ1n) is 4.22. The molecule has 0 amide bonds. The molecule has 1 saturated carbocycles. The highest BCUT2D eigenvalue weighted by Gasteiger charge is 2.49. The van der Waals surface area contributed by atoms with Gasteiger partial charge < -0.3 is 0 Å². The van der Waals surface area contributed by atoms with Crippen molar-refractivity contribution in [3.05, 3.63) is 12.2 Å². The topological polar surface area (TPSA) is 30.7 Å². The first-order valence-corrected chi connectivity index (χ1v) is 4.22. The molecule has 4 heteroatoms. The van der Waals surface area contributed by atoms with E-state index in [2.05, 4.69) is 10.1 Å². The van der Waals surface area contributed by atoms with Gasteiger partial charge in [-0.25, -0.2) is 14.1 Å². The summed E-state index contributed by atoms with van der Waals surface area (Å²) in [6.45, 7) is 3.95. The molecule has 0 unspecified atom stereocenters. The highest BCUT2D eigenvalue weighted by molar-refractivity contribution is 5.11. The first-order chi connectivity index (χ1) is 5.63. The lowest BCUT2D eigenvalue weighted by molar-refractivity contribution is 0.279. The summed E-state index contributed by atoms with van der Waals surface area (Å²) in [4.78, 5) is 3.95. The van der Waals surface area contributed by atoms with Crippen LogP contribution in [0.2, 0.25) is 0 Å². The average Bonchev–Trinajstić information content (AvgIpc) is 2.61. The molecule has 12 heavy (non-hydrogen) atoms. The van der Waals surface area contributed by atoms with Gasteiger partial charge in [0.05, 0.1) is 0 Å². The van der Waals surface area contributed by atoms with Crippen LogP contribution < -0.4 is 0 Å². The van der Waals surface area contributed by atoms with E-state index in [1.54, 1.807) is 4.68 Å². The predicted octanol–water partition coefficient (Wildman–Crippen LogP) is 1.82. The molecule has 1 aromatic rings. The third-order valence-electron chi connectivity index (χ3n) is 2.15. The van der Waals surface area contributed by atoms with Gasteiger partial charge in [-0.1, -0.05) is 0 Å². The van der Waals surface area contributed by atoms with Crippen molar-refractivity contribution in [2.75, 3.05) is 0 Å². The molecule has 1 heterocycles. The summed E-state index contributed by atoms with van der Waals surface area (Å²) < 4.78 is 15.2. The molecule has 0 N–H and O–H groups in total. The van der Waals surface area contributed by atoms with Crippen LogP contribution in [0.25, 0.3) is 0 Å². The smallest absolute Gasteiger partial charge is 0.170 e. The summed E-state index contributed by atoms with van der Waals surface area (Å²) in [5, 5.41) is 3.99. The lowest BCUT2D eigenvalue weighted by Gasteiger charge is -2.10. The molecule has 0 bridgehead atoms. The van der Waals surface area contributed by atoms with Crippen molar-refractivity contribution in [1.29, 1.82) is 0 Å². The van der Waals surface area contributed by atoms with Crippen molar-refractivity contribution in [3.8, 4) is 0 Å². The van der Waals surface area contributed by atoms with Crippen LogP contribution in [0.15, 0.2) is 6.33 Å². The van der Waals surface area contributed by atoms with Crippen molar-refractivity contribution in [1.82, 2.24) is 14.8 Å². The van der Waals surface area contributed by atoms with Crippen LogP contribution in [0, 0.1) is 0 Å². The van der Waals surface area contributed by atoms with Gasteiger partial charge in [-0.15, -0.1) is 0 Å². The van der Waals surface area contributed by atoms with E-state index in [4.69, 9.17) is 0 Å². The van der Waals surface area contributed by atoms with E-state index < -0.39 is 5.67 Å². The molecule has 0 aliphatic heterocycles. The zero-order valence-electron chi connectivity index (χ0n) is 7.29. The Morgan fingerprint density at radius 2 is 2.25 bits per heavy atom. The van der Waals surface area contributed by atoms with E-state index in [0.29, 0.717) is 18.7 Å². The fraction of sp³-hybridized carbons (Fsp3) is 0.750. The van der Waals surface area contributed by atoms with Crippen LogP contribution in [-0.4, -0.2) is 14.8 Å². The van der Waals surface area contributed by atoms with E-state index in [1.807, 2.05) is 13.8 Å². The van der Waals surface area contributed by atoms with E-state index in [0.717, 1.165) is 0 Å². The summed E-state index contributed by atoms with van der Waals surface area (Å²) in [7, 11) is 0. The Bertz CT molecular complexity index is 288. The summed E-state index contributed by atoms with van der Waals surface area (Å²) in [5.41, 5.74) is -1.17. The monoisotopic (exact) mass is 169 g/mol. The first kappa shape index (κ1) is 7.71. The van der Waals surface area contributed by atoms with Gasteiger partial charge in [-0.2, -0.15) is 5.10 Å². The largest absolute Gasteiger partial charge is 0.245 e. The Hall–Kier alpha value is -0.930. The number of aromatic nitrogens is 3. The number of alkyl halides is 1. The highest BCUT2D eigenvalue weighted by Crippen LogP contribution is 2.48. The molecule has 1 aliphatic rings. The predicted molar refractivity (Wildman–Crippen MR) is 42.4 cm³/mol. The summed E-state index contributed by atoms with van der Waals surface area (Å²) in [6.07, 6.45) is 2.62. The Morgan fingerprint density at radius 3 is 2.75 bits per heavy atom. The quantitative estimate of drug-likeness (QED) is 0.676. The van der Waals surface area contributed by atoms with Gasteiger partial charge >= 0.3 is 0 Å². The van der Waals surface area contributed by atoms with E-state index >= 15 is 0 Å². The molecule has 0 atom stereocenters. The molecule has 0 radical (unpaired) electrons. The molecule has 66 valence electrons. The number of rotatable bonds is 2. The second-order valence-corrected chi connectivity index (χ2v) is 3.59. The summed E-state index contributed by atoms with van der Waals surface area (Å²) >= 11 is 0. The van der Waals surface area contributed by atoms with Crippen molar-refractivity contribution in [3.63, 3.8) is 0 Å². The van der Waals surface area contributed by atoms with Gasteiger partial charge in [-0.3, -0.25) is 0 Å². The Labute approximate surface area is 70.6 Å². The van der Waals surface area contributed by atoms with Crippen molar-refractivity contribution < 1.29 is 4.39 Å².